The third-order valence-corrected chi connectivity index (χ3v) is 4.57. The smallest absolute Gasteiger partial charge is 0.418 e. The zero-order valence-corrected chi connectivity index (χ0v) is 17.5. The van der Waals surface area contributed by atoms with E-state index in [9.17, 15) is 22.8 Å². The highest BCUT2D eigenvalue weighted by molar-refractivity contribution is 5.95. The molecular weight excluding hydrogens is 427 g/mol. The molecule has 3 rings (SSSR count). The fourth-order valence-corrected chi connectivity index (χ4v) is 3.14. The van der Waals surface area contributed by atoms with E-state index in [0.717, 1.165) is 35.2 Å². The van der Waals surface area contributed by atoms with Gasteiger partial charge in [0.1, 0.15) is 5.76 Å². The van der Waals surface area contributed by atoms with Crippen molar-refractivity contribution in [3.8, 4) is 5.82 Å². The molecule has 0 fully saturated rings. The fraction of sp³-hybridized carbons (Fsp3) is 0.227. The SMILES string of the molecule is Cc1cc(-n2c(C)cc(/C=C/C(=O)OCC(=O)Nc3ccccc3C(F)(F)F)c2C)no1. The quantitative estimate of drug-likeness (QED) is 0.441. The molecule has 3 aromatic rings. The Kier molecular flexibility index (Phi) is 6.52. The first-order valence-corrected chi connectivity index (χ1v) is 9.50. The lowest BCUT2D eigenvalue weighted by Crippen LogP contribution is -2.22. The second-order valence-corrected chi connectivity index (χ2v) is 6.99. The summed E-state index contributed by atoms with van der Waals surface area (Å²) in [7, 11) is 0. The molecule has 0 aliphatic rings. The molecule has 2 aromatic heterocycles. The van der Waals surface area contributed by atoms with Gasteiger partial charge in [-0.25, -0.2) is 4.79 Å². The summed E-state index contributed by atoms with van der Waals surface area (Å²) >= 11 is 0. The number of anilines is 1. The molecule has 0 aliphatic heterocycles. The Morgan fingerprint density at radius 2 is 1.91 bits per heavy atom. The van der Waals surface area contributed by atoms with E-state index >= 15 is 0 Å². The van der Waals surface area contributed by atoms with Crippen LogP contribution in [0.5, 0.6) is 0 Å². The van der Waals surface area contributed by atoms with Gasteiger partial charge in [-0.2, -0.15) is 13.2 Å². The van der Waals surface area contributed by atoms with Gasteiger partial charge in [-0.3, -0.25) is 9.36 Å². The molecule has 0 spiro atoms. The Morgan fingerprint density at radius 1 is 1.19 bits per heavy atom. The highest BCUT2D eigenvalue weighted by Gasteiger charge is 2.33. The number of carbonyl (C=O) groups is 2. The van der Waals surface area contributed by atoms with Crippen molar-refractivity contribution in [2.24, 2.45) is 0 Å². The molecule has 10 heteroatoms. The Hall–Kier alpha value is -3.82. The molecule has 0 saturated carbocycles. The summed E-state index contributed by atoms with van der Waals surface area (Å²) < 4.78 is 50.8. The van der Waals surface area contributed by atoms with Gasteiger partial charge in [0.15, 0.2) is 12.4 Å². The van der Waals surface area contributed by atoms with Crippen LogP contribution in [-0.2, 0) is 20.5 Å². The number of carbonyl (C=O) groups excluding carboxylic acids is 2. The Labute approximate surface area is 181 Å². The van der Waals surface area contributed by atoms with Crippen molar-refractivity contribution in [2.75, 3.05) is 11.9 Å². The van der Waals surface area contributed by atoms with E-state index in [1.807, 2.05) is 24.5 Å². The molecule has 1 amide bonds. The van der Waals surface area contributed by atoms with Crippen LogP contribution in [0.4, 0.5) is 18.9 Å². The van der Waals surface area contributed by atoms with E-state index in [1.54, 1.807) is 13.0 Å². The molecule has 0 unspecified atom stereocenters. The molecule has 2 heterocycles. The Bertz CT molecular complexity index is 1180. The first-order chi connectivity index (χ1) is 15.1. The fourth-order valence-electron chi connectivity index (χ4n) is 3.14. The highest BCUT2D eigenvalue weighted by Crippen LogP contribution is 2.34. The van der Waals surface area contributed by atoms with Crippen molar-refractivity contribution in [1.29, 1.82) is 0 Å². The summed E-state index contributed by atoms with van der Waals surface area (Å²) in [5.41, 5.74) is 1.00. The van der Waals surface area contributed by atoms with E-state index in [4.69, 9.17) is 9.26 Å². The number of ether oxygens (including phenoxy) is 1. The largest absolute Gasteiger partial charge is 0.452 e. The first-order valence-electron chi connectivity index (χ1n) is 9.50. The molecular formula is C22H20F3N3O4. The average molecular weight is 447 g/mol. The number of esters is 1. The highest BCUT2D eigenvalue weighted by atomic mass is 19.4. The number of aryl methyl sites for hydroxylation is 2. The molecule has 0 saturated heterocycles. The number of halogens is 3. The van der Waals surface area contributed by atoms with Crippen LogP contribution in [0.3, 0.4) is 0 Å². The molecule has 0 atom stereocenters. The topological polar surface area (TPSA) is 86.4 Å². The first kappa shape index (κ1) is 22.9. The van der Waals surface area contributed by atoms with Gasteiger partial charge >= 0.3 is 12.1 Å². The normalized spacial score (nSPS) is 11.7. The minimum Gasteiger partial charge on any atom is -0.452 e. The lowest BCUT2D eigenvalue weighted by atomic mass is 10.1. The van der Waals surface area contributed by atoms with Crippen molar-refractivity contribution >= 4 is 23.6 Å². The molecule has 168 valence electrons. The van der Waals surface area contributed by atoms with Crippen LogP contribution >= 0.6 is 0 Å². The number of benzene rings is 1. The van der Waals surface area contributed by atoms with Crippen LogP contribution in [0.25, 0.3) is 11.9 Å². The lowest BCUT2D eigenvalue weighted by Gasteiger charge is -2.13. The second-order valence-electron chi connectivity index (χ2n) is 6.99. The van der Waals surface area contributed by atoms with Gasteiger partial charge in [-0.1, -0.05) is 17.3 Å². The number of alkyl halides is 3. The maximum atomic E-state index is 13.0. The van der Waals surface area contributed by atoms with Crippen LogP contribution < -0.4 is 5.32 Å². The maximum absolute atomic E-state index is 13.0. The minimum atomic E-state index is -4.62. The second kappa shape index (κ2) is 9.13. The maximum Gasteiger partial charge on any atom is 0.418 e. The van der Waals surface area contributed by atoms with Gasteiger partial charge in [-0.05, 0) is 50.6 Å². The van der Waals surface area contributed by atoms with Crippen LogP contribution in [0, 0.1) is 20.8 Å². The molecule has 32 heavy (non-hydrogen) atoms. The molecule has 0 radical (unpaired) electrons. The van der Waals surface area contributed by atoms with Gasteiger partial charge in [0.05, 0.1) is 11.3 Å². The summed E-state index contributed by atoms with van der Waals surface area (Å²) in [6.07, 6.45) is -1.97. The number of nitrogens with zero attached hydrogens (tertiary/aromatic N) is 2. The summed E-state index contributed by atoms with van der Waals surface area (Å²) in [6.45, 7) is 4.76. The van der Waals surface area contributed by atoms with Crippen molar-refractivity contribution in [2.45, 2.75) is 26.9 Å². The number of aromatic nitrogens is 2. The number of amides is 1. The molecule has 1 aromatic carbocycles. The van der Waals surface area contributed by atoms with Gasteiger partial charge in [-0.15, -0.1) is 0 Å². The van der Waals surface area contributed by atoms with Gasteiger partial charge in [0, 0.05) is 23.5 Å². The third-order valence-electron chi connectivity index (χ3n) is 4.57. The number of para-hydroxylation sites is 1. The molecule has 0 aliphatic carbocycles. The zero-order valence-electron chi connectivity index (χ0n) is 17.5. The van der Waals surface area contributed by atoms with Gasteiger partial charge in [0.2, 0.25) is 0 Å². The van der Waals surface area contributed by atoms with Crippen molar-refractivity contribution in [1.82, 2.24) is 9.72 Å². The number of hydrogen-bond donors (Lipinski definition) is 1. The van der Waals surface area contributed by atoms with Crippen LogP contribution in [0.1, 0.15) is 28.3 Å². The van der Waals surface area contributed by atoms with E-state index in [2.05, 4.69) is 10.5 Å². The predicted octanol–water partition coefficient (Wildman–Crippen LogP) is 4.60. The van der Waals surface area contributed by atoms with E-state index < -0.39 is 35.9 Å². The number of nitrogens with one attached hydrogen (secondary N) is 1. The summed E-state index contributed by atoms with van der Waals surface area (Å²) in [5, 5.41) is 6.09. The average Bonchev–Trinajstić information content (AvgIpc) is 3.26. The number of rotatable bonds is 6. The minimum absolute atomic E-state index is 0.410. The van der Waals surface area contributed by atoms with Gasteiger partial charge in [0.25, 0.3) is 5.91 Å². The van der Waals surface area contributed by atoms with Gasteiger partial charge < -0.3 is 14.6 Å². The van der Waals surface area contributed by atoms with E-state index in [0.29, 0.717) is 11.6 Å². The summed E-state index contributed by atoms with van der Waals surface area (Å²) in [6, 6.07) is 8.15. The van der Waals surface area contributed by atoms with Crippen molar-refractivity contribution in [3.05, 3.63) is 70.7 Å². The molecule has 0 bridgehead atoms. The summed E-state index contributed by atoms with van der Waals surface area (Å²) in [4.78, 5) is 23.9. The zero-order chi connectivity index (χ0) is 23.5. The Balaban J connectivity index is 1.61. The third kappa shape index (κ3) is 5.26. The monoisotopic (exact) mass is 447 g/mol. The Morgan fingerprint density at radius 3 is 2.56 bits per heavy atom. The summed E-state index contributed by atoms with van der Waals surface area (Å²) in [5.74, 6) is -0.436. The van der Waals surface area contributed by atoms with E-state index in [-0.39, 0.29) is 0 Å². The molecule has 1 N–H and O–H groups in total. The standard InChI is InChI=1S/C22H20F3N3O4/c1-13-10-16(15(3)28(13)19-11-14(2)32-27-19)8-9-21(30)31-12-20(29)26-18-7-5-4-6-17(18)22(23,24)25/h4-11H,12H2,1-3H3,(H,26,29)/b9-8+. The lowest BCUT2D eigenvalue weighted by molar-refractivity contribution is -0.142. The van der Waals surface area contributed by atoms with E-state index in [1.165, 1.54) is 18.2 Å². The molecule has 7 nitrogen and oxygen atoms in total. The van der Waals surface area contributed by atoms with Crippen LogP contribution in [-0.4, -0.2) is 28.2 Å². The van der Waals surface area contributed by atoms with Crippen LogP contribution in [0.2, 0.25) is 0 Å². The van der Waals surface area contributed by atoms with Crippen molar-refractivity contribution in [3.63, 3.8) is 0 Å². The van der Waals surface area contributed by atoms with Crippen molar-refractivity contribution < 1.29 is 32.0 Å². The number of hydrogen-bond acceptors (Lipinski definition) is 5. The predicted molar refractivity (Wildman–Crippen MR) is 110 cm³/mol. The van der Waals surface area contributed by atoms with Crippen LogP contribution in [0.15, 0.2) is 47.0 Å².